The van der Waals surface area contributed by atoms with E-state index in [0.29, 0.717) is 23.5 Å². The summed E-state index contributed by atoms with van der Waals surface area (Å²) in [4.78, 5) is 26.6. The van der Waals surface area contributed by atoms with Gasteiger partial charge in [0.1, 0.15) is 5.75 Å². The Morgan fingerprint density at radius 2 is 1.51 bits per heavy atom. The number of hydrogen-bond acceptors (Lipinski definition) is 5. The number of ether oxygens (including phenoxy) is 1. The molecular weight excluding hydrogens is 490 g/mol. The molecule has 0 aliphatic carbocycles. The molecular formula is C28H31N3O5S. The van der Waals surface area contributed by atoms with Gasteiger partial charge in [-0.15, -0.1) is 0 Å². The minimum Gasteiger partial charge on any atom is -0.484 e. The standard InChI is InChI=1S/C28H31N3O5S/c1-20-5-8-24(17-21(20)2)30-37(34,35)26-13-11-25(12-14-26)36-19-27(32)29-23-9-6-22(7-10-23)18-28(33)31-15-3-4-16-31/h5-14,17,30H,3-4,15-16,18-19H2,1-2H3,(H,29,32). The average molecular weight is 522 g/mol. The number of carbonyl (C=O) groups excluding carboxylic acids is 2. The highest BCUT2D eigenvalue weighted by Gasteiger charge is 2.18. The Labute approximate surface area is 217 Å². The van der Waals surface area contributed by atoms with Gasteiger partial charge in [-0.05, 0) is 91.9 Å². The van der Waals surface area contributed by atoms with Crippen molar-refractivity contribution in [2.24, 2.45) is 0 Å². The zero-order valence-electron chi connectivity index (χ0n) is 21.0. The SMILES string of the molecule is Cc1ccc(NS(=O)(=O)c2ccc(OCC(=O)Nc3ccc(CC(=O)N4CCCC4)cc3)cc2)cc1C. The first-order valence-electron chi connectivity index (χ1n) is 12.2. The van der Waals surface area contributed by atoms with Gasteiger partial charge in [0.05, 0.1) is 11.3 Å². The minimum atomic E-state index is -3.76. The van der Waals surface area contributed by atoms with Crippen LogP contribution in [0.4, 0.5) is 11.4 Å². The minimum absolute atomic E-state index is 0.0887. The summed E-state index contributed by atoms with van der Waals surface area (Å²) in [6, 6.07) is 18.4. The van der Waals surface area contributed by atoms with Crippen molar-refractivity contribution in [3.8, 4) is 5.75 Å². The molecule has 3 aromatic rings. The van der Waals surface area contributed by atoms with Crippen molar-refractivity contribution in [2.75, 3.05) is 29.7 Å². The number of benzene rings is 3. The fraction of sp³-hybridized carbons (Fsp3) is 0.286. The smallest absolute Gasteiger partial charge is 0.262 e. The molecule has 4 rings (SSSR count). The van der Waals surface area contributed by atoms with Crippen LogP contribution in [0.2, 0.25) is 0 Å². The molecule has 1 fully saturated rings. The average Bonchev–Trinajstić information content (AvgIpc) is 3.42. The summed E-state index contributed by atoms with van der Waals surface area (Å²) in [5.41, 5.74) is 4.06. The van der Waals surface area contributed by atoms with Gasteiger partial charge in [0.2, 0.25) is 5.91 Å². The summed E-state index contributed by atoms with van der Waals surface area (Å²) >= 11 is 0. The van der Waals surface area contributed by atoms with E-state index >= 15 is 0 Å². The summed E-state index contributed by atoms with van der Waals surface area (Å²) in [6.07, 6.45) is 2.48. The Hall–Kier alpha value is -3.85. The largest absolute Gasteiger partial charge is 0.484 e. The van der Waals surface area contributed by atoms with Crippen LogP contribution in [0.15, 0.2) is 71.6 Å². The number of rotatable bonds is 9. The topological polar surface area (TPSA) is 105 Å². The van der Waals surface area contributed by atoms with Gasteiger partial charge in [-0.25, -0.2) is 8.42 Å². The molecule has 0 spiro atoms. The van der Waals surface area contributed by atoms with Crippen molar-refractivity contribution in [1.29, 1.82) is 0 Å². The quantitative estimate of drug-likeness (QED) is 0.437. The fourth-order valence-corrected chi connectivity index (χ4v) is 5.09. The maximum absolute atomic E-state index is 12.7. The lowest BCUT2D eigenvalue weighted by molar-refractivity contribution is -0.129. The highest BCUT2D eigenvalue weighted by Crippen LogP contribution is 2.21. The second-order valence-electron chi connectivity index (χ2n) is 9.17. The molecule has 9 heteroatoms. The molecule has 194 valence electrons. The molecule has 0 unspecified atom stereocenters. The normalized spacial score (nSPS) is 13.3. The Kier molecular flexibility index (Phi) is 8.13. The first kappa shape index (κ1) is 26.2. The molecule has 1 aliphatic heterocycles. The van der Waals surface area contributed by atoms with Crippen LogP contribution in [0, 0.1) is 13.8 Å². The zero-order chi connectivity index (χ0) is 26.4. The van der Waals surface area contributed by atoms with Gasteiger partial charge in [0.15, 0.2) is 6.61 Å². The van der Waals surface area contributed by atoms with Crippen LogP contribution in [-0.4, -0.2) is 44.8 Å². The van der Waals surface area contributed by atoms with Crippen LogP contribution in [0.5, 0.6) is 5.75 Å². The van der Waals surface area contributed by atoms with Gasteiger partial charge in [0, 0.05) is 24.5 Å². The summed E-state index contributed by atoms with van der Waals surface area (Å²) < 4.78 is 33.5. The van der Waals surface area contributed by atoms with Crippen molar-refractivity contribution in [3.63, 3.8) is 0 Å². The Bertz CT molecular complexity index is 1360. The van der Waals surface area contributed by atoms with Crippen LogP contribution >= 0.6 is 0 Å². The fourth-order valence-electron chi connectivity index (χ4n) is 4.04. The van der Waals surface area contributed by atoms with E-state index in [1.54, 1.807) is 24.3 Å². The van der Waals surface area contributed by atoms with E-state index in [9.17, 15) is 18.0 Å². The highest BCUT2D eigenvalue weighted by molar-refractivity contribution is 7.92. The monoisotopic (exact) mass is 521 g/mol. The van der Waals surface area contributed by atoms with Crippen molar-refractivity contribution >= 4 is 33.2 Å². The van der Waals surface area contributed by atoms with Crippen LogP contribution in [0.3, 0.4) is 0 Å². The second kappa shape index (κ2) is 11.5. The molecule has 0 atom stereocenters. The van der Waals surface area contributed by atoms with Crippen LogP contribution in [0.1, 0.15) is 29.5 Å². The van der Waals surface area contributed by atoms with E-state index in [2.05, 4.69) is 10.0 Å². The Balaban J connectivity index is 1.26. The second-order valence-corrected chi connectivity index (χ2v) is 10.9. The van der Waals surface area contributed by atoms with Crippen LogP contribution in [0.25, 0.3) is 0 Å². The van der Waals surface area contributed by atoms with Gasteiger partial charge in [-0.1, -0.05) is 18.2 Å². The number of nitrogens with zero attached hydrogens (tertiary/aromatic N) is 1. The highest BCUT2D eigenvalue weighted by atomic mass is 32.2. The molecule has 2 N–H and O–H groups in total. The number of hydrogen-bond donors (Lipinski definition) is 2. The molecule has 1 heterocycles. The van der Waals surface area contributed by atoms with E-state index in [4.69, 9.17) is 4.74 Å². The molecule has 0 aromatic heterocycles. The predicted octanol–water partition coefficient (Wildman–Crippen LogP) is 4.29. The summed E-state index contributed by atoms with van der Waals surface area (Å²) in [5.74, 6) is 0.146. The van der Waals surface area contributed by atoms with Gasteiger partial charge in [0.25, 0.3) is 15.9 Å². The molecule has 1 aliphatic rings. The maximum atomic E-state index is 12.7. The molecule has 1 saturated heterocycles. The van der Waals surface area contributed by atoms with Gasteiger partial charge < -0.3 is 15.0 Å². The van der Waals surface area contributed by atoms with Crippen molar-refractivity contribution < 1.29 is 22.7 Å². The van der Waals surface area contributed by atoms with Crippen molar-refractivity contribution in [2.45, 2.75) is 38.0 Å². The number of carbonyl (C=O) groups is 2. The number of anilines is 2. The first-order valence-corrected chi connectivity index (χ1v) is 13.7. The predicted molar refractivity (Wildman–Crippen MR) is 143 cm³/mol. The number of nitrogens with one attached hydrogen (secondary N) is 2. The third kappa shape index (κ3) is 7.10. The lowest BCUT2D eigenvalue weighted by atomic mass is 10.1. The van der Waals surface area contributed by atoms with Crippen molar-refractivity contribution in [1.82, 2.24) is 4.90 Å². The first-order chi connectivity index (χ1) is 17.7. The summed E-state index contributed by atoms with van der Waals surface area (Å²) in [6.45, 7) is 5.30. The van der Waals surface area contributed by atoms with E-state index in [1.165, 1.54) is 24.3 Å². The van der Waals surface area contributed by atoms with Crippen LogP contribution < -0.4 is 14.8 Å². The van der Waals surface area contributed by atoms with E-state index in [0.717, 1.165) is 42.6 Å². The number of aryl methyl sites for hydroxylation is 2. The molecule has 0 bridgehead atoms. The lowest BCUT2D eigenvalue weighted by Crippen LogP contribution is -2.29. The van der Waals surface area contributed by atoms with Crippen LogP contribution in [-0.2, 0) is 26.0 Å². The summed E-state index contributed by atoms with van der Waals surface area (Å²) in [7, 11) is -3.76. The third-order valence-corrected chi connectivity index (χ3v) is 7.71. The van der Waals surface area contributed by atoms with Gasteiger partial charge >= 0.3 is 0 Å². The number of likely N-dealkylation sites (tertiary alicyclic amines) is 1. The maximum Gasteiger partial charge on any atom is 0.262 e. The molecule has 0 saturated carbocycles. The molecule has 8 nitrogen and oxygen atoms in total. The van der Waals surface area contributed by atoms with E-state index in [1.807, 2.05) is 36.9 Å². The molecule has 3 aromatic carbocycles. The molecule has 0 radical (unpaired) electrons. The number of sulfonamides is 1. The molecule has 2 amide bonds. The van der Waals surface area contributed by atoms with E-state index < -0.39 is 10.0 Å². The summed E-state index contributed by atoms with van der Waals surface area (Å²) in [5, 5.41) is 2.75. The Morgan fingerprint density at radius 1 is 0.865 bits per heavy atom. The van der Waals surface area contributed by atoms with Crippen molar-refractivity contribution in [3.05, 3.63) is 83.4 Å². The van der Waals surface area contributed by atoms with Gasteiger partial charge in [-0.3, -0.25) is 14.3 Å². The zero-order valence-corrected chi connectivity index (χ0v) is 21.8. The Morgan fingerprint density at radius 3 is 2.16 bits per heavy atom. The van der Waals surface area contributed by atoms with Gasteiger partial charge in [-0.2, -0.15) is 0 Å². The molecule has 37 heavy (non-hydrogen) atoms. The third-order valence-electron chi connectivity index (χ3n) is 6.31. The van der Waals surface area contributed by atoms with E-state index in [-0.39, 0.29) is 23.3 Å². The number of amides is 2. The lowest BCUT2D eigenvalue weighted by Gasteiger charge is -2.15.